The standard InChI is InChI=1S/C64H44N2/c1-64(2)60-21-10-9-15-53(60)54-37-36-51(40-61(54)64)66(50-34-27-44(41-65)28-35-50)49-32-25-42(26-33-49)22-23-43-24-29-47-39-48(31-30-46(47)38-43)62-56-16-5-7-18-58(56)63(59-19-8-6-17-57(59)62)55-20-11-13-45-12-3-4-14-52(45)55/h3-40H,1-2H3/b23-22+. The van der Waals surface area contributed by atoms with Crippen molar-refractivity contribution in [3.63, 3.8) is 0 Å². The van der Waals surface area contributed by atoms with Gasteiger partial charge >= 0.3 is 0 Å². The molecule has 0 amide bonds. The van der Waals surface area contributed by atoms with Gasteiger partial charge in [0.1, 0.15) is 0 Å². The van der Waals surface area contributed by atoms with Crippen molar-refractivity contribution < 1.29 is 0 Å². The highest BCUT2D eigenvalue weighted by atomic mass is 15.1. The molecule has 12 rings (SSSR count). The van der Waals surface area contributed by atoms with Gasteiger partial charge in [-0.2, -0.15) is 5.26 Å². The van der Waals surface area contributed by atoms with Crippen LogP contribution in [0.25, 0.3) is 88.6 Å². The molecule has 0 aliphatic heterocycles. The van der Waals surface area contributed by atoms with E-state index in [1.807, 2.05) is 24.3 Å². The van der Waals surface area contributed by atoms with Crippen LogP contribution >= 0.6 is 0 Å². The van der Waals surface area contributed by atoms with Crippen molar-refractivity contribution in [1.82, 2.24) is 0 Å². The fourth-order valence-electron chi connectivity index (χ4n) is 10.6. The van der Waals surface area contributed by atoms with Crippen LogP contribution in [0.5, 0.6) is 0 Å². The number of anilines is 3. The second kappa shape index (κ2) is 15.6. The predicted octanol–water partition coefficient (Wildman–Crippen LogP) is 17.5. The zero-order chi connectivity index (χ0) is 44.4. The topological polar surface area (TPSA) is 27.0 Å². The quantitative estimate of drug-likeness (QED) is 0.118. The lowest BCUT2D eigenvalue weighted by Gasteiger charge is -2.28. The third-order valence-electron chi connectivity index (χ3n) is 13.8. The van der Waals surface area contributed by atoms with Gasteiger partial charge < -0.3 is 4.90 Å². The van der Waals surface area contributed by atoms with E-state index in [4.69, 9.17) is 0 Å². The Labute approximate surface area is 385 Å². The van der Waals surface area contributed by atoms with Crippen molar-refractivity contribution >= 4 is 72.3 Å². The lowest BCUT2D eigenvalue weighted by molar-refractivity contribution is 0.660. The Bertz CT molecular complexity index is 3730. The number of hydrogen-bond donors (Lipinski definition) is 0. The van der Waals surface area contributed by atoms with E-state index in [9.17, 15) is 5.26 Å². The summed E-state index contributed by atoms with van der Waals surface area (Å²) < 4.78 is 0. The SMILES string of the molecule is CC1(C)c2ccccc2-c2ccc(N(c3ccc(C#N)cc3)c3ccc(/C=C/c4ccc5cc(-c6c7ccccc7c(-c7cccc8ccccc78)c7ccccc67)ccc5c4)cc3)cc21. The highest BCUT2D eigenvalue weighted by Gasteiger charge is 2.35. The fourth-order valence-corrected chi connectivity index (χ4v) is 10.6. The highest BCUT2D eigenvalue weighted by molar-refractivity contribution is 6.23. The Balaban J connectivity index is 0.865. The van der Waals surface area contributed by atoms with Crippen LogP contribution in [0.2, 0.25) is 0 Å². The van der Waals surface area contributed by atoms with E-state index in [1.54, 1.807) is 0 Å². The van der Waals surface area contributed by atoms with E-state index in [1.165, 1.54) is 87.6 Å². The molecule has 0 atom stereocenters. The first-order valence-corrected chi connectivity index (χ1v) is 22.7. The van der Waals surface area contributed by atoms with E-state index in [0.29, 0.717) is 5.56 Å². The second-order valence-electron chi connectivity index (χ2n) is 18.0. The van der Waals surface area contributed by atoms with Gasteiger partial charge in [-0.1, -0.05) is 184 Å². The Morgan fingerprint density at radius 2 is 0.924 bits per heavy atom. The van der Waals surface area contributed by atoms with Crippen molar-refractivity contribution in [3.8, 4) is 39.4 Å². The monoisotopic (exact) mass is 840 g/mol. The summed E-state index contributed by atoms with van der Waals surface area (Å²) >= 11 is 0. The molecular weight excluding hydrogens is 797 g/mol. The molecule has 66 heavy (non-hydrogen) atoms. The summed E-state index contributed by atoms with van der Waals surface area (Å²) in [6.07, 6.45) is 4.39. The predicted molar refractivity (Wildman–Crippen MR) is 280 cm³/mol. The Hall–Kier alpha value is -8.51. The largest absolute Gasteiger partial charge is 0.310 e. The van der Waals surface area contributed by atoms with Crippen LogP contribution in [-0.4, -0.2) is 0 Å². The fraction of sp³-hybridized carbons (Fsp3) is 0.0469. The van der Waals surface area contributed by atoms with Crippen LogP contribution in [0.1, 0.15) is 41.7 Å². The number of hydrogen-bond acceptors (Lipinski definition) is 2. The zero-order valence-corrected chi connectivity index (χ0v) is 36.8. The third-order valence-corrected chi connectivity index (χ3v) is 13.8. The number of fused-ring (bicyclic) bond motifs is 7. The molecule has 0 unspecified atom stereocenters. The van der Waals surface area contributed by atoms with Crippen LogP contribution < -0.4 is 4.90 Å². The third kappa shape index (κ3) is 6.48. The molecule has 2 nitrogen and oxygen atoms in total. The lowest BCUT2D eigenvalue weighted by atomic mass is 9.82. The Kier molecular flexibility index (Phi) is 9.26. The maximum absolute atomic E-state index is 9.57. The second-order valence-corrected chi connectivity index (χ2v) is 18.0. The molecule has 11 aromatic carbocycles. The average molecular weight is 841 g/mol. The van der Waals surface area contributed by atoms with Crippen LogP contribution in [0.15, 0.2) is 218 Å². The molecule has 2 heteroatoms. The molecule has 0 aromatic heterocycles. The lowest BCUT2D eigenvalue weighted by Crippen LogP contribution is -2.16. The van der Waals surface area contributed by atoms with Gasteiger partial charge in [0.2, 0.25) is 0 Å². The first-order chi connectivity index (χ1) is 32.4. The number of nitriles is 1. The van der Waals surface area contributed by atoms with Crippen molar-refractivity contribution in [1.29, 1.82) is 5.26 Å². The molecule has 1 aliphatic rings. The zero-order valence-electron chi connectivity index (χ0n) is 36.8. The van der Waals surface area contributed by atoms with E-state index < -0.39 is 0 Å². The van der Waals surface area contributed by atoms with E-state index >= 15 is 0 Å². The minimum atomic E-state index is -0.118. The summed E-state index contributed by atoms with van der Waals surface area (Å²) in [7, 11) is 0. The van der Waals surface area contributed by atoms with E-state index in [2.05, 4.69) is 231 Å². The van der Waals surface area contributed by atoms with Gasteiger partial charge in [-0.3, -0.25) is 0 Å². The van der Waals surface area contributed by atoms with E-state index in [0.717, 1.165) is 28.2 Å². The van der Waals surface area contributed by atoms with Gasteiger partial charge in [-0.15, -0.1) is 0 Å². The molecule has 0 bridgehead atoms. The summed E-state index contributed by atoms with van der Waals surface area (Å²) in [6, 6.07) is 81.3. The molecule has 0 saturated carbocycles. The molecule has 310 valence electrons. The van der Waals surface area contributed by atoms with Crippen molar-refractivity contribution in [2.24, 2.45) is 0 Å². The first-order valence-electron chi connectivity index (χ1n) is 22.7. The summed E-state index contributed by atoms with van der Waals surface area (Å²) in [4.78, 5) is 2.29. The van der Waals surface area contributed by atoms with Gasteiger partial charge in [-0.05, 0) is 159 Å². The summed E-state index contributed by atoms with van der Waals surface area (Å²) in [5.41, 5.74) is 16.2. The maximum Gasteiger partial charge on any atom is 0.0991 e. The molecule has 11 aromatic rings. The van der Waals surface area contributed by atoms with Crippen molar-refractivity contribution in [3.05, 3.63) is 246 Å². The van der Waals surface area contributed by atoms with Gasteiger partial charge in [-0.25, -0.2) is 0 Å². The molecule has 1 aliphatic carbocycles. The molecule has 0 saturated heterocycles. The average Bonchev–Trinajstić information content (AvgIpc) is 3.60. The Morgan fingerprint density at radius 3 is 1.65 bits per heavy atom. The van der Waals surface area contributed by atoms with Gasteiger partial charge in [0.05, 0.1) is 11.6 Å². The normalized spacial score (nSPS) is 12.7. The molecule has 0 radical (unpaired) electrons. The summed E-state index contributed by atoms with van der Waals surface area (Å²) in [5, 5.41) is 19.5. The smallest absolute Gasteiger partial charge is 0.0991 e. The molecular formula is C64H44N2. The molecule has 0 fully saturated rings. The Morgan fingerprint density at radius 1 is 0.394 bits per heavy atom. The minimum absolute atomic E-state index is 0.118. The maximum atomic E-state index is 9.57. The number of nitrogens with zero attached hydrogens (tertiary/aromatic N) is 2. The summed E-state index contributed by atoms with van der Waals surface area (Å²) in [5.74, 6) is 0. The minimum Gasteiger partial charge on any atom is -0.310 e. The highest BCUT2D eigenvalue weighted by Crippen LogP contribution is 2.51. The van der Waals surface area contributed by atoms with Gasteiger partial charge in [0, 0.05) is 22.5 Å². The molecule has 0 N–H and O–H groups in total. The van der Waals surface area contributed by atoms with Crippen LogP contribution in [0, 0.1) is 11.3 Å². The molecule has 0 heterocycles. The van der Waals surface area contributed by atoms with Crippen molar-refractivity contribution in [2.75, 3.05) is 4.90 Å². The number of rotatable bonds is 7. The summed E-state index contributed by atoms with van der Waals surface area (Å²) in [6.45, 7) is 4.63. The van der Waals surface area contributed by atoms with Crippen LogP contribution in [-0.2, 0) is 5.41 Å². The first kappa shape index (κ1) is 39.1. The van der Waals surface area contributed by atoms with Crippen LogP contribution in [0.4, 0.5) is 17.1 Å². The van der Waals surface area contributed by atoms with Crippen molar-refractivity contribution in [2.45, 2.75) is 19.3 Å². The van der Waals surface area contributed by atoms with Gasteiger partial charge in [0.25, 0.3) is 0 Å². The van der Waals surface area contributed by atoms with E-state index in [-0.39, 0.29) is 5.41 Å². The number of benzene rings is 11. The molecule has 0 spiro atoms. The van der Waals surface area contributed by atoms with Crippen LogP contribution in [0.3, 0.4) is 0 Å². The van der Waals surface area contributed by atoms with Gasteiger partial charge in [0.15, 0.2) is 0 Å².